The van der Waals surface area contributed by atoms with Gasteiger partial charge in [-0.2, -0.15) is 0 Å². The number of aliphatic hydroxyl groups is 3. The van der Waals surface area contributed by atoms with E-state index in [1.807, 2.05) is 5.32 Å². The molecule has 18 nitrogen and oxygen atoms in total. The maximum Gasteiger partial charge on any atom is 0.407 e. The summed E-state index contributed by atoms with van der Waals surface area (Å²) in [5, 5.41) is 69.1. The van der Waals surface area contributed by atoms with Gasteiger partial charge in [-0.15, -0.1) is 0 Å². The van der Waals surface area contributed by atoms with Crippen LogP contribution in [0.15, 0.2) is 23.8 Å². The Kier molecular flexibility index (Phi) is 10.4. The van der Waals surface area contributed by atoms with Crippen molar-refractivity contribution in [3.05, 3.63) is 23.8 Å². The van der Waals surface area contributed by atoms with E-state index in [1.165, 1.54) is 25.2 Å². The molecule has 8 N–H and O–H groups in total. The summed E-state index contributed by atoms with van der Waals surface area (Å²) in [5.41, 5.74) is -7.08. The van der Waals surface area contributed by atoms with E-state index in [1.54, 1.807) is 6.92 Å². The highest BCUT2D eigenvalue weighted by atomic mass is 19.1. The fourth-order valence-corrected chi connectivity index (χ4v) is 7.79. The molecule has 3 saturated carbocycles. The van der Waals surface area contributed by atoms with Gasteiger partial charge < -0.3 is 30.1 Å². The number of alkyl halides is 1. The van der Waals surface area contributed by atoms with Gasteiger partial charge in [0, 0.05) is 16.7 Å². The van der Waals surface area contributed by atoms with Crippen LogP contribution >= 0.6 is 0 Å². The molecule has 19 heteroatoms. The van der Waals surface area contributed by atoms with Crippen LogP contribution < -0.4 is 5.32 Å². The van der Waals surface area contributed by atoms with Gasteiger partial charge in [0.25, 0.3) is 0 Å². The number of rotatable bonds is 12. The minimum Gasteiger partial charge on any atom is -0.456 e. The van der Waals surface area contributed by atoms with Gasteiger partial charge in [-0.25, -0.2) is 18.9 Å². The molecule has 0 aromatic heterocycles. The lowest BCUT2D eigenvalue weighted by Crippen LogP contribution is -2.69. The topological polar surface area (TPSA) is 265 Å². The van der Waals surface area contributed by atoms with Gasteiger partial charge in [0.05, 0.1) is 23.0 Å². The molecule has 4 aliphatic carbocycles. The van der Waals surface area contributed by atoms with E-state index in [-0.39, 0.29) is 18.6 Å². The van der Waals surface area contributed by atoms with E-state index in [9.17, 15) is 34.5 Å². The van der Waals surface area contributed by atoms with Crippen molar-refractivity contribution in [2.24, 2.45) is 22.7 Å². The van der Waals surface area contributed by atoms with Crippen LogP contribution in [0.25, 0.3) is 0 Å². The Morgan fingerprint density at radius 2 is 1.76 bits per heavy atom. The summed E-state index contributed by atoms with van der Waals surface area (Å²) in [6.45, 7) is -0.265. The first kappa shape index (κ1) is 35.9. The molecule has 0 spiro atoms. The Morgan fingerprint density at radius 3 is 2.41 bits per heavy atom. The molecule has 1 amide bonds. The molecule has 0 radical (unpaired) electrons. The smallest absolute Gasteiger partial charge is 0.407 e. The highest BCUT2D eigenvalue weighted by molar-refractivity contribution is 6.01. The number of alkyl carbamates (subject to hydrolysis) is 1. The van der Waals surface area contributed by atoms with Crippen molar-refractivity contribution in [3.63, 3.8) is 0 Å². The number of halogens is 1. The van der Waals surface area contributed by atoms with Crippen molar-refractivity contribution >= 4 is 23.6 Å². The maximum absolute atomic E-state index is 17.2. The number of hydrogen-bond acceptors (Lipinski definition) is 17. The fraction of sp³-hybridized carbons (Fsp3) is 0.704. The number of carbonyl (C=O) groups is 4. The van der Waals surface area contributed by atoms with E-state index < -0.39 is 114 Å². The number of allylic oxidation sites excluding steroid dienone is 4. The Balaban J connectivity index is 1.36. The lowest BCUT2D eigenvalue weighted by atomic mass is 9.44. The average Bonchev–Trinajstić information content (AvgIpc) is 3.18. The van der Waals surface area contributed by atoms with Crippen molar-refractivity contribution in [2.45, 2.75) is 69.1 Å². The molecule has 0 aliphatic heterocycles. The number of hydrogen-bond donors (Lipinski definition) is 8. The molecule has 258 valence electrons. The SMILES string of the molecule is C[C@]12C=CC(=O)C=C1CC[C@H]1[C@@H]3C[C@@H](O)[C@](O)(C(=O)COC(=O)CNC(=O)OCC(CON(O)O)ON(O)O)[C@@]3(C)C[C@H](O)[C@@]12F. The molecule has 4 rings (SSSR count). The van der Waals surface area contributed by atoms with Crippen molar-refractivity contribution in [3.8, 4) is 0 Å². The highest BCUT2D eigenvalue weighted by Crippen LogP contribution is 2.69. The van der Waals surface area contributed by atoms with Crippen LogP contribution in [0.1, 0.15) is 39.5 Å². The number of amides is 1. The van der Waals surface area contributed by atoms with E-state index in [2.05, 4.69) is 9.68 Å². The maximum atomic E-state index is 17.2. The summed E-state index contributed by atoms with van der Waals surface area (Å²) in [6, 6.07) is 0. The number of carbonyl (C=O) groups excluding carboxylic acids is 4. The van der Waals surface area contributed by atoms with Crippen LogP contribution in [0.4, 0.5) is 9.18 Å². The summed E-state index contributed by atoms with van der Waals surface area (Å²) in [7, 11) is 0. The number of Topliss-reactive ketones (excluding diaryl/α,β-unsaturated/α-hetero) is 1. The second kappa shape index (κ2) is 13.3. The van der Waals surface area contributed by atoms with Gasteiger partial charge in [0.1, 0.15) is 25.9 Å². The molecule has 0 aromatic rings. The molecule has 1 unspecified atom stereocenters. The number of ether oxygens (including phenoxy) is 2. The molecule has 0 bridgehead atoms. The Hall–Kier alpha value is -2.95. The first-order chi connectivity index (χ1) is 21.4. The Labute approximate surface area is 260 Å². The zero-order valence-electron chi connectivity index (χ0n) is 24.9. The number of esters is 1. The number of nitrogens with one attached hydrogen (secondary N) is 1. The third kappa shape index (κ3) is 6.20. The van der Waals surface area contributed by atoms with Crippen LogP contribution in [0.3, 0.4) is 0 Å². The molecular weight excluding hydrogens is 625 g/mol. The van der Waals surface area contributed by atoms with Crippen molar-refractivity contribution in [1.29, 1.82) is 0 Å². The Morgan fingerprint density at radius 1 is 1.07 bits per heavy atom. The second-order valence-electron chi connectivity index (χ2n) is 12.3. The van der Waals surface area contributed by atoms with Crippen LogP contribution in [0.5, 0.6) is 0 Å². The third-order valence-electron chi connectivity index (χ3n) is 10.0. The average molecular weight is 664 g/mol. The summed E-state index contributed by atoms with van der Waals surface area (Å²) in [5.74, 6) is -4.19. The van der Waals surface area contributed by atoms with E-state index >= 15 is 4.39 Å². The summed E-state index contributed by atoms with van der Waals surface area (Å²) < 4.78 is 26.8. The minimum atomic E-state index is -2.52. The van der Waals surface area contributed by atoms with Gasteiger partial charge in [-0.1, -0.05) is 18.6 Å². The van der Waals surface area contributed by atoms with E-state index in [0.717, 1.165) is 0 Å². The van der Waals surface area contributed by atoms with Gasteiger partial charge in [-0.3, -0.25) is 35.2 Å². The number of ketones is 2. The third-order valence-corrected chi connectivity index (χ3v) is 10.0. The Bertz CT molecular complexity index is 1280. The normalized spacial score (nSPS) is 37.2. The molecular formula is C27H38FN3O15. The van der Waals surface area contributed by atoms with Crippen molar-refractivity contribution in [1.82, 2.24) is 16.1 Å². The van der Waals surface area contributed by atoms with Gasteiger partial charge in [0.2, 0.25) is 5.78 Å². The molecule has 9 atom stereocenters. The summed E-state index contributed by atoms with van der Waals surface area (Å²) in [6.07, 6.45) is -2.04. The fourth-order valence-electron chi connectivity index (χ4n) is 7.79. The minimum absolute atomic E-state index is 0.171. The summed E-state index contributed by atoms with van der Waals surface area (Å²) in [4.78, 5) is 58.1. The van der Waals surface area contributed by atoms with Crippen molar-refractivity contribution < 1.29 is 78.9 Å². The lowest BCUT2D eigenvalue weighted by molar-refractivity contribution is -0.527. The van der Waals surface area contributed by atoms with Crippen LogP contribution in [-0.4, -0.2) is 127 Å². The van der Waals surface area contributed by atoms with Crippen LogP contribution in [0.2, 0.25) is 0 Å². The predicted molar refractivity (Wildman–Crippen MR) is 142 cm³/mol. The quantitative estimate of drug-likeness (QED) is 0.0946. The lowest BCUT2D eigenvalue weighted by Gasteiger charge is -2.62. The van der Waals surface area contributed by atoms with Gasteiger partial charge >= 0.3 is 12.1 Å². The molecule has 46 heavy (non-hydrogen) atoms. The van der Waals surface area contributed by atoms with Gasteiger partial charge in [-0.05, 0) is 50.7 Å². The first-order valence-corrected chi connectivity index (χ1v) is 14.4. The monoisotopic (exact) mass is 663 g/mol. The van der Waals surface area contributed by atoms with Crippen molar-refractivity contribution in [2.75, 3.05) is 26.4 Å². The molecule has 4 aliphatic rings. The molecule has 0 heterocycles. The number of nitrogens with zero attached hydrogens (tertiary/aromatic N) is 2. The number of aliphatic hydroxyl groups excluding tert-OH is 2. The standard InChI is InChI=1S/C27H38FN3O15/c1-24-6-5-15(32)7-14(24)3-4-17-18-8-19(33)27(38,25(18,2)9-20(34)26(17,24)28)21(35)13-43-22(36)10-29-23(37)44-11-16(46-31(41)42)12-45-30(39)40/h5-7,16-20,33-34,38-42H,3-4,8-13H2,1-2H3,(H,29,37)/t16?,17-,18-,19+,20-,24-,25-,26-,27-/m0/s1. The molecule has 0 aromatic carbocycles. The largest absolute Gasteiger partial charge is 0.456 e. The van der Waals surface area contributed by atoms with Gasteiger partial charge in [0.15, 0.2) is 23.7 Å². The predicted octanol–water partition coefficient (Wildman–Crippen LogP) is -0.710. The zero-order valence-corrected chi connectivity index (χ0v) is 24.9. The van der Waals surface area contributed by atoms with Crippen LogP contribution in [-0.2, 0) is 33.5 Å². The zero-order chi connectivity index (χ0) is 34.2. The van der Waals surface area contributed by atoms with E-state index in [0.29, 0.717) is 12.0 Å². The molecule has 0 saturated heterocycles. The second-order valence-corrected chi connectivity index (χ2v) is 12.3. The van der Waals surface area contributed by atoms with E-state index in [4.69, 9.17) is 30.3 Å². The van der Waals surface area contributed by atoms with Crippen LogP contribution in [0, 0.1) is 22.7 Å². The highest BCUT2D eigenvalue weighted by Gasteiger charge is 2.76. The first-order valence-electron chi connectivity index (χ1n) is 14.4. The number of fused-ring (bicyclic) bond motifs is 5. The summed E-state index contributed by atoms with van der Waals surface area (Å²) >= 11 is 0. The molecule has 3 fully saturated rings.